The van der Waals surface area contributed by atoms with Crippen molar-refractivity contribution in [2.45, 2.75) is 66.2 Å². The summed E-state index contributed by atoms with van der Waals surface area (Å²) in [4.78, 5) is 0. The lowest BCUT2D eigenvalue weighted by molar-refractivity contribution is -0.665. The van der Waals surface area contributed by atoms with Crippen LogP contribution in [-0.4, -0.2) is 0 Å². The standard InChI is InChI=1S/C26H34N/c1-17-10-11-21(26(6,7)8)16-23(17)24-22-13-12-20(25(3,4)5)15-19(22)14-18(2)27(24)9/h10-16H,1-9H3/q+1. The third-order valence-corrected chi connectivity index (χ3v) is 5.76. The van der Waals surface area contributed by atoms with E-state index in [0.29, 0.717) is 0 Å². The van der Waals surface area contributed by atoms with E-state index in [1.54, 1.807) is 0 Å². The van der Waals surface area contributed by atoms with Gasteiger partial charge in [0.25, 0.3) is 0 Å². The van der Waals surface area contributed by atoms with E-state index in [1.165, 1.54) is 44.4 Å². The monoisotopic (exact) mass is 360 g/mol. The maximum Gasteiger partial charge on any atom is 0.220 e. The lowest BCUT2D eigenvalue weighted by Crippen LogP contribution is -2.35. The summed E-state index contributed by atoms with van der Waals surface area (Å²) < 4.78 is 2.34. The number of hydrogen-bond donors (Lipinski definition) is 0. The largest absolute Gasteiger partial charge is 0.220 e. The summed E-state index contributed by atoms with van der Waals surface area (Å²) in [5, 5.41) is 2.65. The molecule has 2 aromatic carbocycles. The molecule has 0 unspecified atom stereocenters. The summed E-state index contributed by atoms with van der Waals surface area (Å²) in [5.41, 5.74) is 8.31. The fourth-order valence-electron chi connectivity index (χ4n) is 3.71. The van der Waals surface area contributed by atoms with Gasteiger partial charge in [-0.1, -0.05) is 65.8 Å². The van der Waals surface area contributed by atoms with E-state index >= 15 is 0 Å². The Balaban J connectivity index is 2.36. The molecule has 0 saturated heterocycles. The van der Waals surface area contributed by atoms with Crippen molar-refractivity contribution in [1.82, 2.24) is 0 Å². The maximum atomic E-state index is 2.39. The Labute approximate surface area is 165 Å². The van der Waals surface area contributed by atoms with Crippen LogP contribution in [0.4, 0.5) is 0 Å². The van der Waals surface area contributed by atoms with Crippen LogP contribution in [0.25, 0.3) is 22.0 Å². The summed E-state index contributed by atoms with van der Waals surface area (Å²) in [6.45, 7) is 18.1. The molecule has 1 heteroatoms. The highest BCUT2D eigenvalue weighted by Gasteiger charge is 2.23. The maximum absolute atomic E-state index is 2.39. The Bertz CT molecular complexity index is 1010. The van der Waals surface area contributed by atoms with E-state index < -0.39 is 0 Å². The molecule has 0 aliphatic rings. The van der Waals surface area contributed by atoms with Gasteiger partial charge in [0.05, 0.1) is 10.9 Å². The van der Waals surface area contributed by atoms with Gasteiger partial charge < -0.3 is 0 Å². The Kier molecular flexibility index (Phi) is 4.70. The van der Waals surface area contributed by atoms with Crippen molar-refractivity contribution in [2.24, 2.45) is 7.05 Å². The second-order valence-corrected chi connectivity index (χ2v) is 10.0. The summed E-state index contributed by atoms with van der Waals surface area (Å²) in [6.07, 6.45) is 0. The molecule has 0 saturated carbocycles. The van der Waals surface area contributed by atoms with E-state index in [2.05, 4.69) is 109 Å². The molecule has 0 spiro atoms. The van der Waals surface area contributed by atoms with Gasteiger partial charge in [-0.15, -0.1) is 0 Å². The quantitative estimate of drug-likeness (QED) is 0.434. The van der Waals surface area contributed by atoms with Crippen LogP contribution in [0.2, 0.25) is 0 Å². The number of aromatic nitrogens is 1. The van der Waals surface area contributed by atoms with E-state index in [1.807, 2.05) is 0 Å². The Morgan fingerprint density at radius 3 is 1.85 bits per heavy atom. The molecule has 0 N–H and O–H groups in total. The van der Waals surface area contributed by atoms with E-state index in [0.717, 1.165) is 0 Å². The SMILES string of the molecule is Cc1ccc(C(C)(C)C)cc1-c1c2ccc(C(C)(C)C)cc2cc(C)[n+]1C. The summed E-state index contributed by atoms with van der Waals surface area (Å²) in [5.74, 6) is 0. The second-order valence-electron chi connectivity index (χ2n) is 10.0. The molecule has 27 heavy (non-hydrogen) atoms. The molecule has 0 aliphatic carbocycles. The van der Waals surface area contributed by atoms with Crippen LogP contribution in [-0.2, 0) is 17.9 Å². The number of fused-ring (bicyclic) bond motifs is 1. The molecular formula is C26H34N+. The van der Waals surface area contributed by atoms with Crippen LogP contribution in [0.1, 0.15) is 63.9 Å². The molecular weight excluding hydrogens is 326 g/mol. The van der Waals surface area contributed by atoms with Crippen molar-refractivity contribution in [3.8, 4) is 11.3 Å². The van der Waals surface area contributed by atoms with E-state index in [4.69, 9.17) is 0 Å². The van der Waals surface area contributed by atoms with E-state index in [9.17, 15) is 0 Å². The van der Waals surface area contributed by atoms with Crippen molar-refractivity contribution in [3.05, 3.63) is 64.8 Å². The van der Waals surface area contributed by atoms with Gasteiger partial charge in [0.2, 0.25) is 5.69 Å². The minimum atomic E-state index is 0.139. The highest BCUT2D eigenvalue weighted by Crippen LogP contribution is 2.34. The molecule has 0 amide bonds. The summed E-state index contributed by atoms with van der Waals surface area (Å²) in [7, 11) is 2.19. The summed E-state index contributed by atoms with van der Waals surface area (Å²) in [6, 6.07) is 16.2. The number of benzene rings is 2. The molecule has 1 heterocycles. The zero-order valence-electron chi connectivity index (χ0n) is 18.5. The smallest absolute Gasteiger partial charge is 0.198 e. The van der Waals surface area contributed by atoms with Crippen molar-refractivity contribution < 1.29 is 4.57 Å². The molecule has 3 rings (SSSR count). The Hall–Kier alpha value is -2.15. The Morgan fingerprint density at radius 1 is 0.704 bits per heavy atom. The number of aryl methyl sites for hydroxylation is 2. The first kappa shape index (κ1) is 19.6. The van der Waals surface area contributed by atoms with Crippen LogP contribution in [0.15, 0.2) is 42.5 Å². The zero-order valence-corrected chi connectivity index (χ0v) is 18.5. The lowest BCUT2D eigenvalue weighted by Gasteiger charge is -2.22. The van der Waals surface area contributed by atoms with Gasteiger partial charge >= 0.3 is 0 Å². The topological polar surface area (TPSA) is 3.88 Å². The highest BCUT2D eigenvalue weighted by atomic mass is 14.9. The molecule has 0 fully saturated rings. The predicted octanol–water partition coefficient (Wildman–Crippen LogP) is 6.54. The molecule has 0 aliphatic heterocycles. The molecule has 1 aromatic heterocycles. The van der Waals surface area contributed by atoms with Crippen molar-refractivity contribution in [1.29, 1.82) is 0 Å². The van der Waals surface area contributed by atoms with Gasteiger partial charge in [0.1, 0.15) is 7.05 Å². The zero-order chi connectivity index (χ0) is 20.1. The molecule has 3 aromatic rings. The number of hydrogen-bond acceptors (Lipinski definition) is 0. The minimum absolute atomic E-state index is 0.139. The van der Waals surface area contributed by atoms with Crippen molar-refractivity contribution >= 4 is 10.8 Å². The summed E-state index contributed by atoms with van der Waals surface area (Å²) >= 11 is 0. The first-order valence-corrected chi connectivity index (χ1v) is 9.95. The molecule has 142 valence electrons. The Morgan fingerprint density at radius 2 is 1.26 bits per heavy atom. The minimum Gasteiger partial charge on any atom is -0.198 e. The lowest BCUT2D eigenvalue weighted by atomic mass is 9.83. The van der Waals surface area contributed by atoms with Crippen LogP contribution in [0.3, 0.4) is 0 Å². The first-order valence-electron chi connectivity index (χ1n) is 9.95. The average molecular weight is 361 g/mol. The van der Waals surface area contributed by atoms with Gasteiger partial charge in [-0.3, -0.25) is 0 Å². The molecule has 0 atom stereocenters. The van der Waals surface area contributed by atoms with Crippen LogP contribution in [0, 0.1) is 13.8 Å². The van der Waals surface area contributed by atoms with Gasteiger partial charge in [0, 0.05) is 13.0 Å². The number of nitrogens with zero attached hydrogens (tertiary/aromatic N) is 1. The van der Waals surface area contributed by atoms with Gasteiger partial charge in [-0.2, -0.15) is 4.57 Å². The molecule has 0 radical (unpaired) electrons. The predicted molar refractivity (Wildman–Crippen MR) is 117 cm³/mol. The van der Waals surface area contributed by atoms with E-state index in [-0.39, 0.29) is 10.8 Å². The van der Waals surface area contributed by atoms with Crippen LogP contribution < -0.4 is 4.57 Å². The van der Waals surface area contributed by atoms with Crippen LogP contribution >= 0.6 is 0 Å². The highest BCUT2D eigenvalue weighted by molar-refractivity contribution is 5.94. The fraction of sp³-hybridized carbons (Fsp3) is 0.423. The third-order valence-electron chi connectivity index (χ3n) is 5.76. The van der Waals surface area contributed by atoms with Gasteiger partial charge in [0.15, 0.2) is 5.69 Å². The average Bonchev–Trinajstić information content (AvgIpc) is 2.55. The number of pyridine rings is 1. The first-order chi connectivity index (χ1) is 12.4. The molecule has 1 nitrogen and oxygen atoms in total. The number of rotatable bonds is 1. The van der Waals surface area contributed by atoms with Crippen molar-refractivity contribution in [3.63, 3.8) is 0 Å². The fourth-order valence-corrected chi connectivity index (χ4v) is 3.71. The van der Waals surface area contributed by atoms with Gasteiger partial charge in [-0.25, -0.2) is 0 Å². The molecule has 0 bridgehead atoms. The van der Waals surface area contributed by atoms with Gasteiger partial charge in [-0.05, 0) is 52.0 Å². The normalized spacial score (nSPS) is 12.6. The van der Waals surface area contributed by atoms with Crippen LogP contribution in [0.5, 0.6) is 0 Å². The van der Waals surface area contributed by atoms with Crippen molar-refractivity contribution in [2.75, 3.05) is 0 Å². The second kappa shape index (κ2) is 6.48. The third kappa shape index (κ3) is 3.65.